The molecule has 2 aliphatic rings. The molecule has 4 atom stereocenters. The SMILES string of the molecule is CC(=O)OCC(=O)O[C@@H]1CO[C@H]2[C@@H]1OC[C@@H]2O[N+](=O)[O-]. The Morgan fingerprint density at radius 1 is 1.25 bits per heavy atom. The van der Waals surface area contributed by atoms with Crippen molar-refractivity contribution in [2.24, 2.45) is 0 Å². The summed E-state index contributed by atoms with van der Waals surface area (Å²) in [5.74, 6) is -1.34. The van der Waals surface area contributed by atoms with Crippen LogP contribution in [0.15, 0.2) is 0 Å². The van der Waals surface area contributed by atoms with Crippen molar-refractivity contribution in [1.82, 2.24) is 0 Å². The molecular formula is C10H13NO9. The Morgan fingerprint density at radius 2 is 1.85 bits per heavy atom. The second-order valence-corrected chi connectivity index (χ2v) is 4.27. The Labute approximate surface area is 113 Å². The zero-order chi connectivity index (χ0) is 14.7. The minimum absolute atomic E-state index is 0.0195. The maximum atomic E-state index is 11.4. The Kier molecular flexibility index (Phi) is 4.35. The molecular weight excluding hydrogens is 278 g/mol. The highest BCUT2D eigenvalue weighted by Crippen LogP contribution is 2.30. The second kappa shape index (κ2) is 6.01. The molecule has 2 aliphatic heterocycles. The highest BCUT2D eigenvalue weighted by atomic mass is 17.0. The lowest BCUT2D eigenvalue weighted by Crippen LogP contribution is -2.36. The summed E-state index contributed by atoms with van der Waals surface area (Å²) in [4.78, 5) is 36.7. The number of esters is 2. The molecule has 0 aromatic carbocycles. The molecule has 0 spiro atoms. The molecule has 0 aromatic rings. The molecule has 10 heteroatoms. The molecule has 10 nitrogen and oxygen atoms in total. The molecule has 0 aromatic heterocycles. The van der Waals surface area contributed by atoms with Crippen molar-refractivity contribution < 1.29 is 38.5 Å². The number of carbonyl (C=O) groups is 2. The van der Waals surface area contributed by atoms with E-state index in [-0.39, 0.29) is 13.2 Å². The van der Waals surface area contributed by atoms with E-state index in [0.717, 1.165) is 0 Å². The Balaban J connectivity index is 1.83. The zero-order valence-corrected chi connectivity index (χ0v) is 10.6. The van der Waals surface area contributed by atoms with Crippen molar-refractivity contribution in [3.63, 3.8) is 0 Å². The van der Waals surface area contributed by atoms with Crippen molar-refractivity contribution in [3.8, 4) is 0 Å². The summed E-state index contributed by atoms with van der Waals surface area (Å²) in [6, 6.07) is 0. The molecule has 0 N–H and O–H groups in total. The van der Waals surface area contributed by atoms with Gasteiger partial charge >= 0.3 is 11.9 Å². The molecule has 0 radical (unpaired) electrons. The number of rotatable bonds is 5. The van der Waals surface area contributed by atoms with Gasteiger partial charge in [-0.25, -0.2) is 4.79 Å². The minimum atomic E-state index is -0.917. The summed E-state index contributed by atoms with van der Waals surface area (Å²) >= 11 is 0. The Morgan fingerprint density at radius 3 is 2.45 bits per heavy atom. The number of fused-ring (bicyclic) bond motifs is 1. The van der Waals surface area contributed by atoms with Crippen LogP contribution in [0.5, 0.6) is 0 Å². The fraction of sp³-hybridized carbons (Fsp3) is 0.800. The monoisotopic (exact) mass is 291 g/mol. The Bertz CT molecular complexity index is 412. The summed E-state index contributed by atoms with van der Waals surface area (Å²) in [6.45, 7) is 0.687. The molecule has 2 rings (SSSR count). The summed E-state index contributed by atoms with van der Waals surface area (Å²) in [6.07, 6.45) is -2.83. The smallest absolute Gasteiger partial charge is 0.344 e. The van der Waals surface area contributed by atoms with E-state index in [0.29, 0.717) is 0 Å². The first-order valence-corrected chi connectivity index (χ1v) is 5.84. The fourth-order valence-electron chi connectivity index (χ4n) is 2.09. The maximum Gasteiger partial charge on any atom is 0.344 e. The van der Waals surface area contributed by atoms with Crippen molar-refractivity contribution in [2.45, 2.75) is 31.3 Å². The van der Waals surface area contributed by atoms with Gasteiger partial charge in [0, 0.05) is 6.92 Å². The van der Waals surface area contributed by atoms with Crippen LogP contribution in [0, 0.1) is 10.1 Å². The fourth-order valence-corrected chi connectivity index (χ4v) is 2.09. The first-order chi connectivity index (χ1) is 9.47. The third-order valence-electron chi connectivity index (χ3n) is 2.86. The van der Waals surface area contributed by atoms with E-state index >= 15 is 0 Å². The lowest BCUT2D eigenvalue weighted by molar-refractivity contribution is -0.769. The molecule has 2 saturated heterocycles. The van der Waals surface area contributed by atoms with E-state index in [4.69, 9.17) is 14.2 Å². The van der Waals surface area contributed by atoms with Crippen LogP contribution in [0.1, 0.15) is 6.92 Å². The van der Waals surface area contributed by atoms with Gasteiger partial charge in [0.15, 0.2) is 18.8 Å². The molecule has 0 saturated carbocycles. The normalized spacial score (nSPS) is 31.4. The molecule has 0 bridgehead atoms. The van der Waals surface area contributed by atoms with E-state index in [1.807, 2.05) is 0 Å². The van der Waals surface area contributed by atoms with Crippen LogP contribution in [-0.4, -0.2) is 61.3 Å². The molecule has 0 amide bonds. The number of carbonyl (C=O) groups excluding carboxylic acids is 2. The number of hydrogen-bond acceptors (Lipinski definition) is 9. The van der Waals surface area contributed by atoms with E-state index in [1.165, 1.54) is 6.92 Å². The molecule has 0 unspecified atom stereocenters. The lowest BCUT2D eigenvalue weighted by Gasteiger charge is -2.16. The highest BCUT2D eigenvalue weighted by molar-refractivity contribution is 5.75. The number of ether oxygens (including phenoxy) is 4. The average Bonchev–Trinajstić information content (AvgIpc) is 2.91. The third kappa shape index (κ3) is 3.33. The van der Waals surface area contributed by atoms with Crippen LogP contribution in [0.4, 0.5) is 0 Å². The zero-order valence-electron chi connectivity index (χ0n) is 10.6. The van der Waals surface area contributed by atoms with Crippen LogP contribution in [0.3, 0.4) is 0 Å². The number of nitrogens with zero attached hydrogens (tertiary/aromatic N) is 1. The van der Waals surface area contributed by atoms with Gasteiger partial charge in [0.25, 0.3) is 5.09 Å². The lowest BCUT2D eigenvalue weighted by atomic mass is 10.1. The molecule has 2 fully saturated rings. The topological polar surface area (TPSA) is 123 Å². The Hall–Kier alpha value is -1.94. The molecule has 20 heavy (non-hydrogen) atoms. The van der Waals surface area contributed by atoms with Gasteiger partial charge < -0.3 is 23.8 Å². The first kappa shape index (κ1) is 14.5. The predicted molar refractivity (Wildman–Crippen MR) is 57.9 cm³/mol. The summed E-state index contributed by atoms with van der Waals surface area (Å²) in [5, 5.41) is 9.37. The number of hydrogen-bond donors (Lipinski definition) is 0. The largest absolute Gasteiger partial charge is 0.454 e. The van der Waals surface area contributed by atoms with Gasteiger partial charge in [0.2, 0.25) is 0 Å². The molecule has 0 aliphatic carbocycles. The van der Waals surface area contributed by atoms with Crippen LogP contribution < -0.4 is 0 Å². The molecule has 2 heterocycles. The summed E-state index contributed by atoms with van der Waals surface area (Å²) in [7, 11) is 0. The van der Waals surface area contributed by atoms with Gasteiger partial charge in [-0.1, -0.05) is 0 Å². The third-order valence-corrected chi connectivity index (χ3v) is 2.86. The van der Waals surface area contributed by atoms with E-state index < -0.39 is 48.0 Å². The van der Waals surface area contributed by atoms with Crippen molar-refractivity contribution in [2.75, 3.05) is 19.8 Å². The van der Waals surface area contributed by atoms with Gasteiger partial charge in [-0.15, -0.1) is 10.1 Å². The van der Waals surface area contributed by atoms with Gasteiger partial charge in [-0.2, -0.15) is 0 Å². The van der Waals surface area contributed by atoms with Crippen molar-refractivity contribution >= 4 is 11.9 Å². The van der Waals surface area contributed by atoms with E-state index in [2.05, 4.69) is 9.57 Å². The standard InChI is InChI=1S/C10H13NO9/c1-5(12)16-4-8(13)19-6-2-17-10-7(20-11(14)15)3-18-9(6)10/h6-7,9-10H,2-4H2,1H3/t6-,7+,9-,10-/m1/s1. The van der Waals surface area contributed by atoms with Crippen LogP contribution in [0.2, 0.25) is 0 Å². The van der Waals surface area contributed by atoms with Gasteiger partial charge in [-0.05, 0) is 0 Å². The predicted octanol–water partition coefficient (Wildman–Crippen LogP) is -1.16. The quantitative estimate of drug-likeness (QED) is 0.350. The second-order valence-electron chi connectivity index (χ2n) is 4.27. The van der Waals surface area contributed by atoms with Crippen LogP contribution in [-0.2, 0) is 33.4 Å². The van der Waals surface area contributed by atoms with Crippen molar-refractivity contribution in [3.05, 3.63) is 10.1 Å². The first-order valence-electron chi connectivity index (χ1n) is 5.84. The summed E-state index contributed by atoms with van der Waals surface area (Å²) < 4.78 is 20.1. The minimum Gasteiger partial charge on any atom is -0.454 e. The van der Waals surface area contributed by atoms with Gasteiger partial charge in [0.1, 0.15) is 12.2 Å². The van der Waals surface area contributed by atoms with Crippen molar-refractivity contribution in [1.29, 1.82) is 0 Å². The van der Waals surface area contributed by atoms with E-state index in [1.54, 1.807) is 0 Å². The summed E-state index contributed by atoms with van der Waals surface area (Å²) in [5.41, 5.74) is 0. The maximum absolute atomic E-state index is 11.4. The average molecular weight is 291 g/mol. The highest BCUT2D eigenvalue weighted by Gasteiger charge is 2.51. The van der Waals surface area contributed by atoms with Gasteiger partial charge in [0.05, 0.1) is 13.2 Å². The van der Waals surface area contributed by atoms with Crippen LogP contribution >= 0.6 is 0 Å². The van der Waals surface area contributed by atoms with Gasteiger partial charge in [-0.3, -0.25) is 4.79 Å². The van der Waals surface area contributed by atoms with E-state index in [9.17, 15) is 19.7 Å². The van der Waals surface area contributed by atoms with Crippen LogP contribution in [0.25, 0.3) is 0 Å². The molecule has 112 valence electrons.